The molecule has 0 aliphatic heterocycles. The van der Waals surface area contributed by atoms with Crippen molar-refractivity contribution in [2.24, 2.45) is 0 Å². The van der Waals surface area contributed by atoms with Crippen molar-refractivity contribution in [1.82, 2.24) is 10.3 Å². The van der Waals surface area contributed by atoms with E-state index in [4.69, 9.17) is 0 Å². The molecular formula is C15H16BrN3O. The number of aromatic nitrogens is 1. The Kier molecular flexibility index (Phi) is 5.12. The predicted octanol–water partition coefficient (Wildman–Crippen LogP) is 3.21. The Hall–Kier alpha value is -1.88. The van der Waals surface area contributed by atoms with Gasteiger partial charge in [0.1, 0.15) is 0 Å². The van der Waals surface area contributed by atoms with Gasteiger partial charge in [0, 0.05) is 30.0 Å². The molecule has 4 nitrogen and oxygen atoms in total. The molecule has 1 aromatic heterocycles. The third-order valence-electron chi connectivity index (χ3n) is 2.78. The second-order valence-corrected chi connectivity index (χ2v) is 5.18. The Bertz CT molecular complexity index is 601. The Balaban J connectivity index is 2.05. The minimum atomic E-state index is -0.131. The van der Waals surface area contributed by atoms with Crippen molar-refractivity contribution >= 4 is 27.5 Å². The lowest BCUT2D eigenvalue weighted by molar-refractivity contribution is 0.0951. The van der Waals surface area contributed by atoms with Gasteiger partial charge in [0.2, 0.25) is 0 Å². The van der Waals surface area contributed by atoms with Crippen molar-refractivity contribution in [3.05, 3.63) is 58.3 Å². The molecule has 0 saturated heterocycles. The molecule has 2 rings (SSSR count). The first-order chi connectivity index (χ1) is 9.70. The number of benzene rings is 1. The lowest BCUT2D eigenvalue weighted by atomic mass is 10.2. The summed E-state index contributed by atoms with van der Waals surface area (Å²) in [4.78, 5) is 16.2. The molecule has 0 aliphatic rings. The summed E-state index contributed by atoms with van der Waals surface area (Å²) in [5, 5.41) is 6.06. The van der Waals surface area contributed by atoms with E-state index in [-0.39, 0.29) is 5.91 Å². The molecule has 0 bridgehead atoms. The molecule has 20 heavy (non-hydrogen) atoms. The van der Waals surface area contributed by atoms with Gasteiger partial charge in [0.05, 0.1) is 11.3 Å². The van der Waals surface area contributed by atoms with E-state index < -0.39 is 0 Å². The van der Waals surface area contributed by atoms with Crippen LogP contribution in [0.1, 0.15) is 22.8 Å². The highest BCUT2D eigenvalue weighted by atomic mass is 79.9. The van der Waals surface area contributed by atoms with Gasteiger partial charge in [-0.05, 0) is 30.7 Å². The van der Waals surface area contributed by atoms with Gasteiger partial charge in [-0.15, -0.1) is 0 Å². The predicted molar refractivity (Wildman–Crippen MR) is 83.7 cm³/mol. The molecule has 0 fully saturated rings. The van der Waals surface area contributed by atoms with Crippen molar-refractivity contribution in [2.45, 2.75) is 13.5 Å². The van der Waals surface area contributed by atoms with Gasteiger partial charge in [0.15, 0.2) is 0 Å². The number of anilines is 1. The van der Waals surface area contributed by atoms with E-state index in [1.165, 1.54) is 0 Å². The number of rotatable bonds is 5. The Morgan fingerprint density at radius 1 is 1.35 bits per heavy atom. The number of nitrogens with zero attached hydrogens (tertiary/aromatic N) is 1. The summed E-state index contributed by atoms with van der Waals surface area (Å²) in [5.74, 6) is -0.131. The van der Waals surface area contributed by atoms with Gasteiger partial charge in [-0.25, -0.2) is 0 Å². The highest BCUT2D eigenvalue weighted by molar-refractivity contribution is 9.10. The van der Waals surface area contributed by atoms with E-state index in [1.54, 1.807) is 18.5 Å². The summed E-state index contributed by atoms with van der Waals surface area (Å²) >= 11 is 3.41. The van der Waals surface area contributed by atoms with Crippen LogP contribution in [0, 0.1) is 0 Å². The monoisotopic (exact) mass is 333 g/mol. The van der Waals surface area contributed by atoms with E-state index in [0.717, 1.165) is 22.3 Å². The Morgan fingerprint density at radius 2 is 2.20 bits per heavy atom. The van der Waals surface area contributed by atoms with E-state index in [9.17, 15) is 4.79 Å². The fourth-order valence-corrected chi connectivity index (χ4v) is 2.29. The summed E-state index contributed by atoms with van der Waals surface area (Å²) in [6.07, 6.45) is 3.25. The molecule has 1 amide bonds. The van der Waals surface area contributed by atoms with Crippen LogP contribution in [0.3, 0.4) is 0 Å². The number of carbonyl (C=O) groups is 1. The SMILES string of the molecule is CCNc1ccncc1C(=O)NCc1cccc(Br)c1. The first-order valence-electron chi connectivity index (χ1n) is 6.41. The van der Waals surface area contributed by atoms with Crippen molar-refractivity contribution < 1.29 is 4.79 Å². The van der Waals surface area contributed by atoms with Crippen LogP contribution in [0.15, 0.2) is 47.2 Å². The number of carbonyl (C=O) groups excluding carboxylic acids is 1. The molecule has 0 saturated carbocycles. The molecule has 0 aliphatic carbocycles. The third kappa shape index (κ3) is 3.81. The summed E-state index contributed by atoms with van der Waals surface area (Å²) in [7, 11) is 0. The minimum absolute atomic E-state index is 0.131. The summed E-state index contributed by atoms with van der Waals surface area (Å²) < 4.78 is 0.999. The van der Waals surface area contributed by atoms with Crippen LogP contribution in [0.2, 0.25) is 0 Å². The maximum Gasteiger partial charge on any atom is 0.255 e. The topological polar surface area (TPSA) is 54.0 Å². The molecule has 0 spiro atoms. The van der Waals surface area contributed by atoms with Gasteiger partial charge in [-0.1, -0.05) is 28.1 Å². The zero-order chi connectivity index (χ0) is 14.4. The van der Waals surface area contributed by atoms with Gasteiger partial charge in [0.25, 0.3) is 5.91 Å². The molecule has 0 unspecified atom stereocenters. The quantitative estimate of drug-likeness (QED) is 0.883. The molecule has 1 aromatic carbocycles. The van der Waals surface area contributed by atoms with Gasteiger partial charge in [-0.3, -0.25) is 9.78 Å². The lowest BCUT2D eigenvalue weighted by Crippen LogP contribution is -2.24. The number of halogens is 1. The van der Waals surface area contributed by atoms with Crippen LogP contribution in [0.4, 0.5) is 5.69 Å². The van der Waals surface area contributed by atoms with Crippen molar-refractivity contribution in [2.75, 3.05) is 11.9 Å². The Labute approximate surface area is 126 Å². The number of nitrogens with one attached hydrogen (secondary N) is 2. The van der Waals surface area contributed by atoms with Crippen LogP contribution in [-0.4, -0.2) is 17.4 Å². The fourth-order valence-electron chi connectivity index (χ4n) is 1.84. The summed E-state index contributed by atoms with van der Waals surface area (Å²) in [6.45, 7) is 3.23. The lowest BCUT2D eigenvalue weighted by Gasteiger charge is -2.10. The highest BCUT2D eigenvalue weighted by Crippen LogP contribution is 2.14. The molecular weight excluding hydrogens is 318 g/mol. The maximum atomic E-state index is 12.2. The molecule has 2 N–H and O–H groups in total. The average molecular weight is 334 g/mol. The maximum absolute atomic E-state index is 12.2. The van der Waals surface area contributed by atoms with Crippen molar-refractivity contribution in [3.8, 4) is 0 Å². The molecule has 5 heteroatoms. The normalized spacial score (nSPS) is 10.1. The van der Waals surface area contributed by atoms with Crippen molar-refractivity contribution in [3.63, 3.8) is 0 Å². The molecule has 0 radical (unpaired) electrons. The van der Waals surface area contributed by atoms with Crippen molar-refractivity contribution in [1.29, 1.82) is 0 Å². The van der Waals surface area contributed by atoms with Gasteiger partial charge in [-0.2, -0.15) is 0 Å². The van der Waals surface area contributed by atoms with Crippen LogP contribution < -0.4 is 10.6 Å². The van der Waals surface area contributed by atoms with E-state index >= 15 is 0 Å². The van der Waals surface area contributed by atoms with Crippen LogP contribution in [0.5, 0.6) is 0 Å². The number of pyridine rings is 1. The van der Waals surface area contributed by atoms with E-state index in [1.807, 2.05) is 31.2 Å². The average Bonchev–Trinajstić information content (AvgIpc) is 2.46. The van der Waals surface area contributed by atoms with Gasteiger partial charge < -0.3 is 10.6 Å². The van der Waals surface area contributed by atoms with Crippen LogP contribution in [0.25, 0.3) is 0 Å². The minimum Gasteiger partial charge on any atom is -0.385 e. The van der Waals surface area contributed by atoms with Crippen LogP contribution >= 0.6 is 15.9 Å². The Morgan fingerprint density at radius 3 is 2.95 bits per heavy atom. The zero-order valence-electron chi connectivity index (χ0n) is 11.2. The third-order valence-corrected chi connectivity index (χ3v) is 3.27. The number of hydrogen-bond acceptors (Lipinski definition) is 3. The molecule has 1 heterocycles. The van der Waals surface area contributed by atoms with E-state index in [2.05, 4.69) is 31.5 Å². The highest BCUT2D eigenvalue weighted by Gasteiger charge is 2.10. The molecule has 104 valence electrons. The number of amides is 1. The van der Waals surface area contributed by atoms with Gasteiger partial charge >= 0.3 is 0 Å². The molecule has 2 aromatic rings. The smallest absolute Gasteiger partial charge is 0.255 e. The summed E-state index contributed by atoms with van der Waals surface area (Å²) in [5.41, 5.74) is 2.40. The standard InChI is InChI=1S/C15H16BrN3O/c1-2-18-14-6-7-17-10-13(14)15(20)19-9-11-4-3-5-12(16)8-11/h3-8,10H,2,9H2,1H3,(H,17,18)(H,19,20). The second kappa shape index (κ2) is 7.05. The zero-order valence-corrected chi connectivity index (χ0v) is 12.8. The van der Waals surface area contributed by atoms with Crippen LogP contribution in [-0.2, 0) is 6.54 Å². The first kappa shape index (κ1) is 14.5. The first-order valence-corrected chi connectivity index (χ1v) is 7.20. The number of hydrogen-bond donors (Lipinski definition) is 2. The summed E-state index contributed by atoms with van der Waals surface area (Å²) in [6, 6.07) is 9.65. The van der Waals surface area contributed by atoms with E-state index in [0.29, 0.717) is 12.1 Å². The fraction of sp³-hybridized carbons (Fsp3) is 0.200. The second-order valence-electron chi connectivity index (χ2n) is 4.26. The molecule has 0 atom stereocenters. The largest absolute Gasteiger partial charge is 0.385 e.